The molecule has 7 heteroatoms. The van der Waals surface area contributed by atoms with Crippen molar-refractivity contribution in [2.45, 2.75) is 57.2 Å². The zero-order valence-electron chi connectivity index (χ0n) is 18.3. The Kier molecular flexibility index (Phi) is 7.05. The van der Waals surface area contributed by atoms with E-state index in [2.05, 4.69) is 5.32 Å². The van der Waals surface area contributed by atoms with Crippen LogP contribution in [-0.2, 0) is 16.1 Å². The summed E-state index contributed by atoms with van der Waals surface area (Å²) in [7, 11) is 1.63. The Morgan fingerprint density at radius 2 is 1.75 bits per heavy atom. The molecule has 4 rings (SSSR count). The van der Waals surface area contributed by atoms with Gasteiger partial charge in [0.2, 0.25) is 5.91 Å². The van der Waals surface area contributed by atoms with Crippen LogP contribution in [0.5, 0.6) is 5.75 Å². The van der Waals surface area contributed by atoms with Gasteiger partial charge in [0, 0.05) is 18.3 Å². The van der Waals surface area contributed by atoms with Gasteiger partial charge in [-0.3, -0.25) is 14.5 Å². The lowest BCUT2D eigenvalue weighted by Gasteiger charge is -2.31. The van der Waals surface area contributed by atoms with Crippen molar-refractivity contribution in [1.29, 1.82) is 0 Å². The molecule has 2 amide bonds. The molecular weight excluding hydrogens is 422 g/mol. The number of benzene rings is 2. The third kappa shape index (κ3) is 4.93. The lowest BCUT2D eigenvalue weighted by Crippen LogP contribution is -2.42. The number of hydrogen-bond donors (Lipinski definition) is 1. The van der Waals surface area contributed by atoms with E-state index in [9.17, 15) is 9.59 Å². The molecule has 2 aliphatic rings. The average Bonchev–Trinajstić information content (AvgIpc) is 3.04. The van der Waals surface area contributed by atoms with Gasteiger partial charge in [0.25, 0.3) is 5.91 Å². The largest absolute Gasteiger partial charge is 0.497 e. The molecule has 0 bridgehead atoms. The summed E-state index contributed by atoms with van der Waals surface area (Å²) in [4.78, 5) is 30.0. The summed E-state index contributed by atoms with van der Waals surface area (Å²) in [6.45, 7) is 0.473. The fourth-order valence-electron chi connectivity index (χ4n) is 4.55. The SMILES string of the molecule is COc1ccc(CN2C(=S)N(C3CCCCC3)C(=O)[C@@H]2CC(=O)Nc2ccccc2)cc1. The van der Waals surface area contributed by atoms with Crippen LogP contribution < -0.4 is 10.1 Å². The highest BCUT2D eigenvalue weighted by molar-refractivity contribution is 7.80. The number of nitrogens with zero attached hydrogens (tertiary/aromatic N) is 2. The van der Waals surface area contributed by atoms with E-state index in [-0.39, 0.29) is 24.3 Å². The second-order valence-electron chi connectivity index (χ2n) is 8.39. The van der Waals surface area contributed by atoms with E-state index in [0.717, 1.165) is 42.7 Å². The van der Waals surface area contributed by atoms with E-state index >= 15 is 0 Å². The smallest absolute Gasteiger partial charge is 0.252 e. The summed E-state index contributed by atoms with van der Waals surface area (Å²) in [6.07, 6.45) is 5.40. The molecule has 2 fully saturated rings. The molecule has 1 atom stereocenters. The minimum Gasteiger partial charge on any atom is -0.497 e. The summed E-state index contributed by atoms with van der Waals surface area (Å²) in [5.74, 6) is 0.526. The second kappa shape index (κ2) is 10.1. The van der Waals surface area contributed by atoms with E-state index < -0.39 is 6.04 Å². The van der Waals surface area contributed by atoms with E-state index in [1.54, 1.807) is 12.0 Å². The Morgan fingerprint density at radius 1 is 1.06 bits per heavy atom. The molecule has 2 aromatic carbocycles. The maximum atomic E-state index is 13.5. The third-order valence-corrected chi connectivity index (χ3v) is 6.67. The van der Waals surface area contributed by atoms with Gasteiger partial charge in [-0.05, 0) is 54.9 Å². The lowest BCUT2D eigenvalue weighted by molar-refractivity contribution is -0.132. The molecule has 0 radical (unpaired) electrons. The number of para-hydroxylation sites is 1. The number of thiocarbonyl (C=S) groups is 1. The topological polar surface area (TPSA) is 61.9 Å². The van der Waals surface area contributed by atoms with Gasteiger partial charge in [0.05, 0.1) is 13.5 Å². The van der Waals surface area contributed by atoms with Crippen LogP contribution in [0.15, 0.2) is 54.6 Å². The highest BCUT2D eigenvalue weighted by Gasteiger charge is 2.46. The number of anilines is 1. The van der Waals surface area contributed by atoms with Crippen molar-refractivity contribution >= 4 is 34.8 Å². The van der Waals surface area contributed by atoms with Crippen LogP contribution in [0.2, 0.25) is 0 Å². The highest BCUT2D eigenvalue weighted by atomic mass is 32.1. The number of nitrogens with one attached hydrogen (secondary N) is 1. The first-order valence-electron chi connectivity index (χ1n) is 11.2. The molecular formula is C25H29N3O3S. The Bertz CT molecular complexity index is 958. The zero-order chi connectivity index (χ0) is 22.5. The molecule has 1 aliphatic carbocycles. The quantitative estimate of drug-likeness (QED) is 0.634. The zero-order valence-corrected chi connectivity index (χ0v) is 19.1. The van der Waals surface area contributed by atoms with Gasteiger partial charge in [-0.1, -0.05) is 49.6 Å². The van der Waals surface area contributed by atoms with Gasteiger partial charge >= 0.3 is 0 Å². The third-order valence-electron chi connectivity index (χ3n) is 6.24. The standard InChI is InChI=1S/C25H29N3O3S/c1-31-21-14-12-18(13-15-21)17-27-22(16-23(29)26-19-8-4-2-5-9-19)24(30)28(25(27)32)20-10-6-3-7-11-20/h2,4-5,8-9,12-15,20,22H,3,6-7,10-11,16-17H2,1H3,(H,26,29)/t22-/m0/s1. The number of rotatable bonds is 7. The van der Waals surface area contributed by atoms with Crippen LogP contribution in [0.3, 0.4) is 0 Å². The van der Waals surface area contributed by atoms with Crippen molar-refractivity contribution < 1.29 is 14.3 Å². The normalized spacial score (nSPS) is 19.3. The number of carbonyl (C=O) groups excluding carboxylic acids is 2. The minimum atomic E-state index is -0.602. The van der Waals surface area contributed by atoms with Crippen LogP contribution in [0.1, 0.15) is 44.1 Å². The lowest BCUT2D eigenvalue weighted by atomic mass is 9.94. The molecule has 1 aliphatic heterocycles. The first-order valence-corrected chi connectivity index (χ1v) is 11.6. The molecule has 1 N–H and O–H groups in total. The second-order valence-corrected chi connectivity index (χ2v) is 8.76. The molecule has 2 aromatic rings. The van der Waals surface area contributed by atoms with Crippen LogP contribution in [0, 0.1) is 0 Å². The predicted octanol–water partition coefficient (Wildman–Crippen LogP) is 4.35. The Hall–Kier alpha value is -2.93. The van der Waals surface area contributed by atoms with Crippen LogP contribution in [0.4, 0.5) is 5.69 Å². The Morgan fingerprint density at radius 3 is 2.41 bits per heavy atom. The Labute approximate surface area is 194 Å². The average molecular weight is 452 g/mol. The number of hydrogen-bond acceptors (Lipinski definition) is 4. The summed E-state index contributed by atoms with van der Waals surface area (Å²) in [6, 6.07) is 16.6. The van der Waals surface area contributed by atoms with Gasteiger partial charge < -0.3 is 15.0 Å². The number of ether oxygens (including phenoxy) is 1. The minimum absolute atomic E-state index is 0.0568. The van der Waals surface area contributed by atoms with Crippen molar-refractivity contribution in [1.82, 2.24) is 9.80 Å². The van der Waals surface area contributed by atoms with E-state index in [1.165, 1.54) is 6.42 Å². The molecule has 0 spiro atoms. The summed E-state index contributed by atoms with van der Waals surface area (Å²) >= 11 is 5.80. The fraction of sp³-hybridized carbons (Fsp3) is 0.400. The number of carbonyl (C=O) groups is 2. The van der Waals surface area contributed by atoms with Crippen LogP contribution in [-0.4, -0.2) is 45.9 Å². The molecule has 0 aromatic heterocycles. The van der Waals surface area contributed by atoms with Gasteiger partial charge in [0.15, 0.2) is 5.11 Å². The van der Waals surface area contributed by atoms with Gasteiger partial charge in [-0.25, -0.2) is 0 Å². The fourth-order valence-corrected chi connectivity index (χ4v) is 4.98. The van der Waals surface area contributed by atoms with Crippen molar-refractivity contribution in [3.8, 4) is 5.75 Å². The maximum Gasteiger partial charge on any atom is 0.252 e. The molecule has 1 saturated carbocycles. The predicted molar refractivity (Wildman–Crippen MR) is 128 cm³/mol. The van der Waals surface area contributed by atoms with E-state index in [4.69, 9.17) is 17.0 Å². The first kappa shape index (κ1) is 22.3. The first-order chi connectivity index (χ1) is 15.6. The van der Waals surface area contributed by atoms with Crippen molar-refractivity contribution in [2.24, 2.45) is 0 Å². The van der Waals surface area contributed by atoms with E-state index in [0.29, 0.717) is 11.7 Å². The van der Waals surface area contributed by atoms with Gasteiger partial charge in [-0.2, -0.15) is 0 Å². The summed E-state index contributed by atoms with van der Waals surface area (Å²) in [5.41, 5.74) is 1.73. The molecule has 32 heavy (non-hydrogen) atoms. The molecule has 168 valence electrons. The van der Waals surface area contributed by atoms with Gasteiger partial charge in [0.1, 0.15) is 11.8 Å². The van der Waals surface area contributed by atoms with Crippen molar-refractivity contribution in [2.75, 3.05) is 12.4 Å². The van der Waals surface area contributed by atoms with Crippen molar-refractivity contribution in [3.63, 3.8) is 0 Å². The number of amides is 2. The maximum absolute atomic E-state index is 13.5. The van der Waals surface area contributed by atoms with Crippen LogP contribution in [0.25, 0.3) is 0 Å². The molecule has 1 saturated heterocycles. The summed E-state index contributed by atoms with van der Waals surface area (Å²) in [5, 5.41) is 3.44. The van der Waals surface area contributed by atoms with Crippen molar-refractivity contribution in [3.05, 3.63) is 60.2 Å². The summed E-state index contributed by atoms with van der Waals surface area (Å²) < 4.78 is 5.25. The molecule has 0 unspecified atom stereocenters. The van der Waals surface area contributed by atoms with Gasteiger partial charge in [-0.15, -0.1) is 0 Å². The Balaban J connectivity index is 1.54. The molecule has 6 nitrogen and oxygen atoms in total. The monoisotopic (exact) mass is 451 g/mol. The number of methoxy groups -OCH3 is 1. The molecule has 1 heterocycles. The van der Waals surface area contributed by atoms with Crippen LogP contribution >= 0.6 is 12.2 Å². The highest BCUT2D eigenvalue weighted by Crippen LogP contribution is 2.31. The van der Waals surface area contributed by atoms with E-state index in [1.807, 2.05) is 59.5 Å².